The fourth-order valence-corrected chi connectivity index (χ4v) is 2.98. The average Bonchev–Trinajstić information content (AvgIpc) is 3.17. The summed E-state index contributed by atoms with van der Waals surface area (Å²) in [6, 6.07) is 6.51. The first-order chi connectivity index (χ1) is 8.70. The quantitative estimate of drug-likeness (QED) is 0.712. The summed E-state index contributed by atoms with van der Waals surface area (Å²) < 4.78 is 1.16. The molecular weight excluding hydrogens is 310 g/mol. The molecule has 1 aliphatic carbocycles. The number of benzene rings is 1. The highest BCUT2D eigenvalue weighted by Crippen LogP contribution is 2.37. The minimum absolute atomic E-state index is 0.429. The molecule has 18 heavy (non-hydrogen) atoms. The second-order valence-electron chi connectivity index (χ2n) is 5.19. The molecule has 100 valence electrons. The Balaban J connectivity index is 2.06. The van der Waals surface area contributed by atoms with Crippen LogP contribution in [0, 0.1) is 5.92 Å². The molecule has 0 spiro atoms. The van der Waals surface area contributed by atoms with Crippen molar-refractivity contribution in [3.8, 4) is 0 Å². The zero-order valence-electron chi connectivity index (χ0n) is 10.9. The molecule has 1 aromatic rings. The summed E-state index contributed by atoms with van der Waals surface area (Å²) in [6.07, 6.45) is 6.57. The van der Waals surface area contributed by atoms with Crippen molar-refractivity contribution in [3.63, 3.8) is 0 Å². The Labute approximate surface area is 123 Å². The summed E-state index contributed by atoms with van der Waals surface area (Å²) in [5, 5.41) is 4.47. The molecule has 1 unspecified atom stereocenters. The summed E-state index contributed by atoms with van der Waals surface area (Å²) in [5.74, 6) is 0.980. The molecule has 2 rings (SSSR count). The number of halogens is 2. The maximum Gasteiger partial charge on any atom is 0.0410 e. The van der Waals surface area contributed by atoms with Crippen LogP contribution >= 0.6 is 27.5 Å². The van der Waals surface area contributed by atoms with Crippen LogP contribution in [0.4, 0.5) is 0 Å². The molecule has 1 fully saturated rings. The fraction of sp³-hybridized carbons (Fsp3) is 0.600. The highest BCUT2D eigenvalue weighted by molar-refractivity contribution is 9.10. The van der Waals surface area contributed by atoms with E-state index in [0.717, 1.165) is 28.4 Å². The van der Waals surface area contributed by atoms with Crippen LogP contribution in [0.5, 0.6) is 0 Å². The predicted molar refractivity (Wildman–Crippen MR) is 82.1 cm³/mol. The third kappa shape index (κ3) is 4.25. The van der Waals surface area contributed by atoms with Gasteiger partial charge < -0.3 is 5.32 Å². The number of nitrogens with one attached hydrogen (secondary N) is 1. The first-order valence-corrected chi connectivity index (χ1v) is 8.06. The minimum atomic E-state index is 0.429. The van der Waals surface area contributed by atoms with Crippen molar-refractivity contribution in [2.45, 2.75) is 45.1 Å². The van der Waals surface area contributed by atoms with E-state index in [2.05, 4.69) is 40.3 Å². The van der Waals surface area contributed by atoms with Gasteiger partial charge in [-0.05, 0) is 55.5 Å². The standard InChI is InChI=1S/C15H21BrClN/c1-2-9-18-15(8-5-11-3-4-11)13-10-12(17)6-7-14(13)16/h6-7,10-11,15,18H,2-5,8-9H2,1H3. The van der Waals surface area contributed by atoms with Crippen LogP contribution < -0.4 is 5.32 Å². The van der Waals surface area contributed by atoms with Crippen molar-refractivity contribution in [1.29, 1.82) is 0 Å². The van der Waals surface area contributed by atoms with Crippen LogP contribution in [-0.4, -0.2) is 6.54 Å². The number of hydrogen-bond acceptors (Lipinski definition) is 1. The fourth-order valence-electron chi connectivity index (χ4n) is 2.28. The van der Waals surface area contributed by atoms with E-state index < -0.39 is 0 Å². The van der Waals surface area contributed by atoms with Crippen molar-refractivity contribution in [3.05, 3.63) is 33.3 Å². The van der Waals surface area contributed by atoms with Crippen molar-refractivity contribution in [2.75, 3.05) is 6.54 Å². The molecule has 0 bridgehead atoms. The van der Waals surface area contributed by atoms with Gasteiger partial charge >= 0.3 is 0 Å². The maximum atomic E-state index is 6.12. The molecule has 1 nitrogen and oxygen atoms in total. The molecule has 0 amide bonds. The summed E-state index contributed by atoms with van der Waals surface area (Å²) in [4.78, 5) is 0. The largest absolute Gasteiger partial charge is 0.310 e. The zero-order chi connectivity index (χ0) is 13.0. The van der Waals surface area contributed by atoms with E-state index in [1.165, 1.54) is 31.2 Å². The van der Waals surface area contributed by atoms with E-state index in [1.807, 2.05) is 6.07 Å². The highest BCUT2D eigenvalue weighted by atomic mass is 79.9. The maximum absolute atomic E-state index is 6.12. The highest BCUT2D eigenvalue weighted by Gasteiger charge is 2.23. The molecule has 0 aliphatic heterocycles. The zero-order valence-corrected chi connectivity index (χ0v) is 13.2. The van der Waals surface area contributed by atoms with Crippen LogP contribution in [0.25, 0.3) is 0 Å². The van der Waals surface area contributed by atoms with Crippen LogP contribution in [0.3, 0.4) is 0 Å². The molecule has 1 saturated carbocycles. The topological polar surface area (TPSA) is 12.0 Å². The van der Waals surface area contributed by atoms with E-state index in [0.29, 0.717) is 6.04 Å². The van der Waals surface area contributed by atoms with Gasteiger partial charge in [-0.3, -0.25) is 0 Å². The summed E-state index contributed by atoms with van der Waals surface area (Å²) >= 11 is 9.77. The Kier molecular flexibility index (Phi) is 5.53. The molecule has 1 aliphatic rings. The monoisotopic (exact) mass is 329 g/mol. The van der Waals surface area contributed by atoms with Gasteiger partial charge in [0.1, 0.15) is 0 Å². The average molecular weight is 331 g/mol. The summed E-state index contributed by atoms with van der Waals surface area (Å²) in [7, 11) is 0. The van der Waals surface area contributed by atoms with Crippen LogP contribution in [-0.2, 0) is 0 Å². The molecule has 3 heteroatoms. The van der Waals surface area contributed by atoms with Gasteiger partial charge in [-0.2, -0.15) is 0 Å². The van der Waals surface area contributed by atoms with Crippen molar-refractivity contribution >= 4 is 27.5 Å². The van der Waals surface area contributed by atoms with E-state index in [1.54, 1.807) is 0 Å². The minimum Gasteiger partial charge on any atom is -0.310 e. The van der Waals surface area contributed by atoms with E-state index in [-0.39, 0.29) is 0 Å². The lowest BCUT2D eigenvalue weighted by atomic mass is 10.0. The summed E-state index contributed by atoms with van der Waals surface area (Å²) in [6.45, 7) is 3.27. The molecule has 0 heterocycles. The number of hydrogen-bond donors (Lipinski definition) is 1. The summed E-state index contributed by atoms with van der Waals surface area (Å²) in [5.41, 5.74) is 1.30. The normalized spacial score (nSPS) is 16.8. The third-order valence-corrected chi connectivity index (χ3v) is 4.49. The van der Waals surface area contributed by atoms with E-state index in [4.69, 9.17) is 11.6 Å². The van der Waals surface area contributed by atoms with E-state index in [9.17, 15) is 0 Å². The molecule has 0 aromatic heterocycles. The van der Waals surface area contributed by atoms with Crippen molar-refractivity contribution < 1.29 is 0 Å². The Morgan fingerprint density at radius 3 is 2.89 bits per heavy atom. The SMILES string of the molecule is CCCNC(CCC1CC1)c1cc(Cl)ccc1Br. The molecular formula is C15H21BrClN. The molecule has 1 atom stereocenters. The molecule has 0 saturated heterocycles. The Hall–Kier alpha value is -0.0500. The molecule has 0 radical (unpaired) electrons. The lowest BCUT2D eigenvalue weighted by Gasteiger charge is -2.20. The lowest BCUT2D eigenvalue weighted by Crippen LogP contribution is -2.22. The second kappa shape index (κ2) is 6.93. The lowest BCUT2D eigenvalue weighted by molar-refractivity contribution is 0.469. The van der Waals surface area contributed by atoms with Gasteiger partial charge in [0.2, 0.25) is 0 Å². The van der Waals surface area contributed by atoms with Crippen LogP contribution in [0.15, 0.2) is 22.7 Å². The Morgan fingerprint density at radius 1 is 1.44 bits per heavy atom. The van der Waals surface area contributed by atoms with Gasteiger partial charge in [-0.1, -0.05) is 47.3 Å². The second-order valence-corrected chi connectivity index (χ2v) is 6.48. The Morgan fingerprint density at radius 2 is 2.22 bits per heavy atom. The van der Waals surface area contributed by atoms with Gasteiger partial charge in [0.05, 0.1) is 0 Å². The first-order valence-electron chi connectivity index (χ1n) is 6.89. The van der Waals surface area contributed by atoms with Gasteiger partial charge in [-0.25, -0.2) is 0 Å². The smallest absolute Gasteiger partial charge is 0.0410 e. The van der Waals surface area contributed by atoms with Crippen molar-refractivity contribution in [2.24, 2.45) is 5.92 Å². The molecule has 1 N–H and O–H groups in total. The first kappa shape index (κ1) is 14.4. The van der Waals surface area contributed by atoms with Gasteiger partial charge in [0.25, 0.3) is 0 Å². The predicted octanol–water partition coefficient (Wildman–Crippen LogP) is 5.33. The van der Waals surface area contributed by atoms with Crippen LogP contribution in [0.2, 0.25) is 5.02 Å². The van der Waals surface area contributed by atoms with Crippen LogP contribution in [0.1, 0.15) is 50.6 Å². The van der Waals surface area contributed by atoms with Gasteiger partial charge in [-0.15, -0.1) is 0 Å². The molecule has 1 aromatic carbocycles. The van der Waals surface area contributed by atoms with Gasteiger partial charge in [0, 0.05) is 15.5 Å². The van der Waals surface area contributed by atoms with Crippen molar-refractivity contribution in [1.82, 2.24) is 5.32 Å². The van der Waals surface area contributed by atoms with Gasteiger partial charge in [0.15, 0.2) is 0 Å². The Bertz CT molecular complexity index is 390. The number of rotatable bonds is 7. The van der Waals surface area contributed by atoms with E-state index >= 15 is 0 Å². The third-order valence-electron chi connectivity index (χ3n) is 3.53.